The van der Waals surface area contributed by atoms with Crippen LogP contribution in [0.2, 0.25) is 0 Å². The highest BCUT2D eigenvalue weighted by Crippen LogP contribution is 2.72. The zero-order chi connectivity index (χ0) is 19.3. The number of carbonyl (C=O) groups is 2. The number of rotatable bonds is 2. The molecule has 0 aromatic heterocycles. The van der Waals surface area contributed by atoms with Crippen molar-refractivity contribution in [1.82, 2.24) is 4.90 Å². The fourth-order valence-corrected chi connectivity index (χ4v) is 7.51. The fourth-order valence-electron chi connectivity index (χ4n) is 7.51. The predicted octanol–water partition coefficient (Wildman–Crippen LogP) is 1.89. The van der Waals surface area contributed by atoms with Crippen molar-refractivity contribution in [1.29, 1.82) is 0 Å². The quantitative estimate of drug-likeness (QED) is 0.624. The zero-order valence-electron chi connectivity index (χ0n) is 16.2. The third-order valence-electron chi connectivity index (χ3n) is 8.23. The number of nitrogens with one attached hydrogen (secondary N) is 1. The molecule has 2 aliphatic carbocycles. The number of fused-ring (bicyclic) bond motifs is 1. The first-order valence-electron chi connectivity index (χ1n) is 10.0. The van der Waals surface area contributed by atoms with Crippen LogP contribution in [0, 0.1) is 11.3 Å². The molecule has 6 rings (SSSR count). The Labute approximate surface area is 163 Å². The van der Waals surface area contributed by atoms with Crippen LogP contribution in [0.5, 0.6) is 5.75 Å². The van der Waals surface area contributed by atoms with E-state index in [1.165, 1.54) is 7.11 Å². The van der Waals surface area contributed by atoms with Crippen LogP contribution in [0.25, 0.3) is 0 Å². The van der Waals surface area contributed by atoms with E-state index < -0.39 is 11.0 Å². The van der Waals surface area contributed by atoms with Gasteiger partial charge in [-0.25, -0.2) is 4.79 Å². The summed E-state index contributed by atoms with van der Waals surface area (Å²) in [4.78, 5) is 29.3. The number of esters is 1. The molecule has 1 N–H and O–H groups in total. The van der Waals surface area contributed by atoms with Gasteiger partial charge in [0, 0.05) is 36.9 Å². The number of benzene rings is 1. The van der Waals surface area contributed by atoms with Gasteiger partial charge in [-0.05, 0) is 24.5 Å². The summed E-state index contributed by atoms with van der Waals surface area (Å²) >= 11 is 0. The van der Waals surface area contributed by atoms with Gasteiger partial charge in [0.05, 0.1) is 25.3 Å². The Morgan fingerprint density at radius 2 is 2.14 bits per heavy atom. The van der Waals surface area contributed by atoms with Crippen LogP contribution in [0.4, 0.5) is 5.69 Å². The number of Topliss-reactive ketones (excluding diaryl/α,β-unsaturated/α-hetero) is 1. The van der Waals surface area contributed by atoms with Gasteiger partial charge in [0.1, 0.15) is 17.1 Å². The largest absolute Gasteiger partial charge is 0.495 e. The molecule has 1 aromatic carbocycles. The van der Waals surface area contributed by atoms with E-state index in [1.807, 2.05) is 12.1 Å². The van der Waals surface area contributed by atoms with Crippen molar-refractivity contribution >= 4 is 17.4 Å². The summed E-state index contributed by atoms with van der Waals surface area (Å²) in [5.41, 5.74) is 0.131. The molecule has 146 valence electrons. The number of hydrogen-bond acceptors (Lipinski definition) is 6. The highest BCUT2D eigenvalue weighted by atomic mass is 16.5. The zero-order valence-corrected chi connectivity index (χ0v) is 16.2. The van der Waals surface area contributed by atoms with Gasteiger partial charge in [0.25, 0.3) is 0 Å². The normalized spacial score (nSPS) is 41.9. The van der Waals surface area contributed by atoms with E-state index in [0.29, 0.717) is 25.1 Å². The van der Waals surface area contributed by atoms with E-state index in [9.17, 15) is 9.59 Å². The molecule has 3 fully saturated rings. The van der Waals surface area contributed by atoms with Crippen molar-refractivity contribution in [3.8, 4) is 5.75 Å². The Morgan fingerprint density at radius 3 is 2.93 bits per heavy atom. The second-order valence-electron chi connectivity index (χ2n) is 8.96. The molecule has 3 heterocycles. The van der Waals surface area contributed by atoms with Gasteiger partial charge in [-0.15, -0.1) is 0 Å². The standard InChI is InChI=1S/C22H24N2O4/c1-27-16-6-3-5-13-17(16)23-21(19(26)28-2)9-8-20-7-4-10-24-12-14(15(25)11-20)22(13,21)18(20)24/h3-7,14,18,23H,8-12H2,1-2H3/t14?,18-,20+,21-,22+/m0/s1. The molecule has 3 aliphatic heterocycles. The van der Waals surface area contributed by atoms with Crippen molar-refractivity contribution in [2.45, 2.75) is 36.3 Å². The summed E-state index contributed by atoms with van der Waals surface area (Å²) in [6.45, 7) is 1.53. The molecule has 2 saturated carbocycles. The monoisotopic (exact) mass is 380 g/mol. The molecule has 5 atom stereocenters. The summed E-state index contributed by atoms with van der Waals surface area (Å²) in [5, 5.41) is 3.57. The lowest BCUT2D eigenvalue weighted by atomic mass is 9.42. The van der Waals surface area contributed by atoms with Crippen LogP contribution in [0.15, 0.2) is 30.4 Å². The molecule has 6 heteroatoms. The van der Waals surface area contributed by atoms with Crippen LogP contribution in [0.3, 0.4) is 0 Å². The number of ether oxygens (including phenoxy) is 2. The third kappa shape index (κ3) is 1.48. The van der Waals surface area contributed by atoms with Gasteiger partial charge in [-0.1, -0.05) is 24.3 Å². The summed E-state index contributed by atoms with van der Waals surface area (Å²) in [6, 6.07) is 6.08. The second-order valence-corrected chi connectivity index (χ2v) is 8.96. The number of methoxy groups -OCH3 is 2. The maximum atomic E-state index is 13.5. The smallest absolute Gasteiger partial charge is 0.332 e. The molecule has 1 spiro atoms. The Morgan fingerprint density at radius 1 is 1.29 bits per heavy atom. The number of ketones is 1. The van der Waals surface area contributed by atoms with E-state index in [0.717, 1.165) is 24.2 Å². The molecule has 6 nitrogen and oxygen atoms in total. The van der Waals surface area contributed by atoms with E-state index in [2.05, 4.69) is 28.4 Å². The van der Waals surface area contributed by atoms with Gasteiger partial charge in [-0.2, -0.15) is 0 Å². The SMILES string of the molecule is COC(=O)[C@@]12CC[C@]34C=CCN5CC(C(=O)C3)[C@]1(c1cccc(OC)c1N2)[C@@H]54. The number of nitrogens with zero attached hydrogens (tertiary/aromatic N) is 1. The van der Waals surface area contributed by atoms with E-state index in [-0.39, 0.29) is 29.1 Å². The fraction of sp³-hybridized carbons (Fsp3) is 0.545. The Balaban J connectivity index is 1.73. The first-order chi connectivity index (χ1) is 13.5. The minimum atomic E-state index is -0.937. The molecule has 1 saturated heterocycles. The number of carbonyl (C=O) groups excluding carboxylic acids is 2. The summed E-state index contributed by atoms with van der Waals surface area (Å²) in [5.74, 6) is 0.503. The average Bonchev–Trinajstić information content (AvgIpc) is 3.20. The van der Waals surface area contributed by atoms with Crippen LogP contribution in [-0.4, -0.2) is 55.5 Å². The van der Waals surface area contributed by atoms with Crippen molar-refractivity contribution in [3.63, 3.8) is 0 Å². The van der Waals surface area contributed by atoms with Crippen LogP contribution in [-0.2, 0) is 19.7 Å². The van der Waals surface area contributed by atoms with Gasteiger partial charge >= 0.3 is 5.97 Å². The topological polar surface area (TPSA) is 67.9 Å². The second kappa shape index (κ2) is 4.98. The van der Waals surface area contributed by atoms with Crippen molar-refractivity contribution in [2.75, 3.05) is 32.6 Å². The molecule has 1 aromatic rings. The summed E-state index contributed by atoms with van der Waals surface area (Å²) < 4.78 is 11.0. The molecule has 4 bridgehead atoms. The maximum absolute atomic E-state index is 13.5. The lowest BCUT2D eigenvalue weighted by molar-refractivity contribution is -0.159. The van der Waals surface area contributed by atoms with Gasteiger partial charge in [-0.3, -0.25) is 9.69 Å². The minimum absolute atomic E-state index is 0.112. The number of anilines is 1. The summed E-state index contributed by atoms with van der Waals surface area (Å²) in [6.07, 6.45) is 6.51. The van der Waals surface area contributed by atoms with Gasteiger partial charge in [0.2, 0.25) is 0 Å². The first kappa shape index (κ1) is 16.6. The number of para-hydroxylation sites is 1. The van der Waals surface area contributed by atoms with Crippen LogP contribution >= 0.6 is 0 Å². The van der Waals surface area contributed by atoms with E-state index in [1.54, 1.807) is 7.11 Å². The predicted molar refractivity (Wildman–Crippen MR) is 102 cm³/mol. The van der Waals surface area contributed by atoms with Crippen LogP contribution < -0.4 is 10.1 Å². The molecule has 0 radical (unpaired) electrons. The van der Waals surface area contributed by atoms with E-state index >= 15 is 0 Å². The maximum Gasteiger partial charge on any atom is 0.332 e. The molecular formula is C22H24N2O4. The Bertz CT molecular complexity index is 958. The van der Waals surface area contributed by atoms with Gasteiger partial charge in [0.15, 0.2) is 0 Å². The minimum Gasteiger partial charge on any atom is -0.495 e. The molecule has 0 amide bonds. The molecule has 1 unspecified atom stereocenters. The summed E-state index contributed by atoms with van der Waals surface area (Å²) in [7, 11) is 3.09. The first-order valence-corrected chi connectivity index (χ1v) is 10.0. The third-order valence-corrected chi connectivity index (χ3v) is 8.23. The lowest BCUT2D eigenvalue weighted by Gasteiger charge is -2.62. The molecular weight excluding hydrogens is 356 g/mol. The average molecular weight is 380 g/mol. The van der Waals surface area contributed by atoms with Crippen molar-refractivity contribution in [3.05, 3.63) is 35.9 Å². The van der Waals surface area contributed by atoms with Crippen molar-refractivity contribution < 1.29 is 19.1 Å². The molecule has 5 aliphatic rings. The van der Waals surface area contributed by atoms with Crippen molar-refractivity contribution in [2.24, 2.45) is 11.3 Å². The van der Waals surface area contributed by atoms with Gasteiger partial charge < -0.3 is 14.8 Å². The lowest BCUT2D eigenvalue weighted by Crippen LogP contribution is -2.75. The van der Waals surface area contributed by atoms with Crippen LogP contribution in [0.1, 0.15) is 24.8 Å². The Hall–Kier alpha value is -2.34. The Kier molecular flexibility index (Phi) is 2.95. The van der Waals surface area contributed by atoms with E-state index in [4.69, 9.17) is 9.47 Å². The highest BCUT2D eigenvalue weighted by molar-refractivity contribution is 5.99. The highest BCUT2D eigenvalue weighted by Gasteiger charge is 2.81. The number of hydrogen-bond donors (Lipinski definition) is 1. The molecule has 28 heavy (non-hydrogen) atoms.